The van der Waals surface area contributed by atoms with Gasteiger partial charge in [-0.15, -0.1) is 0 Å². The Kier molecular flexibility index (Phi) is 4.62. The quantitative estimate of drug-likeness (QED) is 0.570. The fourth-order valence-electron chi connectivity index (χ4n) is 1.34. The molecule has 0 aromatic heterocycles. The van der Waals surface area contributed by atoms with Crippen molar-refractivity contribution in [3.63, 3.8) is 0 Å². The highest BCUT2D eigenvalue weighted by Gasteiger charge is 2.15. The van der Waals surface area contributed by atoms with E-state index in [4.69, 9.17) is 9.16 Å². The first-order valence-corrected chi connectivity index (χ1v) is 8.89. The van der Waals surface area contributed by atoms with E-state index >= 15 is 0 Å². The van der Waals surface area contributed by atoms with Crippen molar-refractivity contribution in [2.45, 2.75) is 33.2 Å². The van der Waals surface area contributed by atoms with Crippen molar-refractivity contribution in [2.24, 2.45) is 0 Å². The zero-order valence-electron chi connectivity index (χ0n) is 10.5. The molecular weight excluding hydrogens is 216 g/mol. The summed E-state index contributed by atoms with van der Waals surface area (Å²) in [7, 11) is -1.50. The van der Waals surface area contributed by atoms with E-state index < -0.39 is 8.32 Å². The number of ether oxygens (including phenoxy) is 1. The van der Waals surface area contributed by atoms with Crippen LogP contribution in [0.15, 0.2) is 42.4 Å². The number of hydrogen-bond acceptors (Lipinski definition) is 2. The van der Waals surface area contributed by atoms with Crippen molar-refractivity contribution < 1.29 is 9.16 Å². The topological polar surface area (TPSA) is 18.5 Å². The van der Waals surface area contributed by atoms with Crippen molar-refractivity contribution in [1.29, 1.82) is 0 Å². The number of allylic oxidation sites excluding steroid dienone is 1. The predicted molar refractivity (Wildman–Crippen MR) is 69.4 cm³/mol. The van der Waals surface area contributed by atoms with Crippen molar-refractivity contribution in [1.82, 2.24) is 0 Å². The SMILES string of the molecule is C/C(=C\OCc1ccccc1)O[Si](C)(C)C. The number of hydrogen-bond donors (Lipinski definition) is 0. The lowest BCUT2D eigenvalue weighted by atomic mass is 10.2. The summed E-state index contributed by atoms with van der Waals surface area (Å²) in [5.41, 5.74) is 1.17. The average Bonchev–Trinajstić information content (AvgIpc) is 2.16. The summed E-state index contributed by atoms with van der Waals surface area (Å²) >= 11 is 0. The van der Waals surface area contributed by atoms with Gasteiger partial charge in [0.05, 0.1) is 0 Å². The molecule has 0 saturated carbocycles. The molecule has 16 heavy (non-hydrogen) atoms. The molecule has 2 nitrogen and oxygen atoms in total. The summed E-state index contributed by atoms with van der Waals surface area (Å²) in [5, 5.41) is 0. The Bertz CT molecular complexity index is 339. The summed E-state index contributed by atoms with van der Waals surface area (Å²) in [6, 6.07) is 10.1. The Morgan fingerprint density at radius 1 is 1.19 bits per heavy atom. The minimum atomic E-state index is -1.50. The molecular formula is C13H20O2Si. The molecule has 0 aliphatic rings. The molecule has 0 unspecified atom stereocenters. The van der Waals surface area contributed by atoms with Gasteiger partial charge in [-0.05, 0) is 32.1 Å². The van der Waals surface area contributed by atoms with Gasteiger partial charge in [0, 0.05) is 0 Å². The molecule has 1 rings (SSSR count). The van der Waals surface area contributed by atoms with Gasteiger partial charge < -0.3 is 9.16 Å². The number of benzene rings is 1. The van der Waals surface area contributed by atoms with Crippen LogP contribution in [0, 0.1) is 0 Å². The van der Waals surface area contributed by atoms with Gasteiger partial charge >= 0.3 is 0 Å². The van der Waals surface area contributed by atoms with Crippen molar-refractivity contribution >= 4 is 8.32 Å². The maximum Gasteiger partial charge on any atom is 0.241 e. The van der Waals surface area contributed by atoms with Gasteiger partial charge in [0.25, 0.3) is 0 Å². The van der Waals surface area contributed by atoms with Gasteiger partial charge in [0.2, 0.25) is 8.32 Å². The molecule has 0 atom stereocenters. The lowest BCUT2D eigenvalue weighted by Crippen LogP contribution is -2.24. The van der Waals surface area contributed by atoms with Crippen LogP contribution in [0.3, 0.4) is 0 Å². The van der Waals surface area contributed by atoms with Crippen molar-refractivity contribution in [2.75, 3.05) is 0 Å². The van der Waals surface area contributed by atoms with Crippen LogP contribution in [0.2, 0.25) is 19.6 Å². The third kappa shape index (κ3) is 5.61. The van der Waals surface area contributed by atoms with Crippen LogP contribution >= 0.6 is 0 Å². The molecule has 1 aromatic carbocycles. The molecule has 88 valence electrons. The van der Waals surface area contributed by atoms with E-state index in [1.807, 2.05) is 37.3 Å². The fourth-order valence-corrected chi connectivity index (χ4v) is 2.35. The first kappa shape index (κ1) is 12.8. The van der Waals surface area contributed by atoms with Crippen LogP contribution in [-0.4, -0.2) is 8.32 Å². The van der Waals surface area contributed by atoms with E-state index in [1.165, 1.54) is 5.56 Å². The maximum atomic E-state index is 5.75. The largest absolute Gasteiger partial charge is 0.545 e. The normalized spacial score (nSPS) is 12.4. The molecule has 0 spiro atoms. The van der Waals surface area contributed by atoms with Crippen LogP contribution in [0.1, 0.15) is 12.5 Å². The van der Waals surface area contributed by atoms with Crippen LogP contribution in [-0.2, 0) is 15.8 Å². The third-order valence-electron chi connectivity index (χ3n) is 1.81. The second kappa shape index (κ2) is 5.75. The molecule has 0 aliphatic heterocycles. The highest BCUT2D eigenvalue weighted by molar-refractivity contribution is 6.70. The van der Waals surface area contributed by atoms with E-state index in [-0.39, 0.29) is 0 Å². The third-order valence-corrected chi connectivity index (χ3v) is 2.74. The summed E-state index contributed by atoms with van der Waals surface area (Å²) in [5.74, 6) is 0.857. The smallest absolute Gasteiger partial charge is 0.241 e. The first-order chi connectivity index (χ1) is 7.47. The second-order valence-electron chi connectivity index (χ2n) is 4.74. The molecule has 0 N–H and O–H groups in total. The number of rotatable bonds is 5. The first-order valence-electron chi connectivity index (χ1n) is 5.49. The van der Waals surface area contributed by atoms with E-state index in [1.54, 1.807) is 6.26 Å². The van der Waals surface area contributed by atoms with Gasteiger partial charge in [0.15, 0.2) is 0 Å². The molecule has 0 saturated heterocycles. The van der Waals surface area contributed by atoms with Crippen LogP contribution in [0.25, 0.3) is 0 Å². The van der Waals surface area contributed by atoms with Gasteiger partial charge in [-0.2, -0.15) is 0 Å². The molecule has 0 bridgehead atoms. The summed E-state index contributed by atoms with van der Waals surface area (Å²) in [6.07, 6.45) is 1.70. The zero-order chi connectivity index (χ0) is 12.0. The van der Waals surface area contributed by atoms with Gasteiger partial charge in [0.1, 0.15) is 18.6 Å². The van der Waals surface area contributed by atoms with Crippen LogP contribution in [0.5, 0.6) is 0 Å². The zero-order valence-corrected chi connectivity index (χ0v) is 11.5. The maximum absolute atomic E-state index is 5.75. The Hall–Kier alpha value is -1.22. The monoisotopic (exact) mass is 236 g/mol. The van der Waals surface area contributed by atoms with Gasteiger partial charge in [-0.25, -0.2) is 0 Å². The highest BCUT2D eigenvalue weighted by Crippen LogP contribution is 2.10. The molecule has 0 amide bonds. The van der Waals surface area contributed by atoms with Gasteiger partial charge in [-0.3, -0.25) is 0 Å². The Balaban J connectivity index is 2.37. The molecule has 0 radical (unpaired) electrons. The predicted octanol–water partition coefficient (Wildman–Crippen LogP) is 3.92. The summed E-state index contributed by atoms with van der Waals surface area (Å²) in [4.78, 5) is 0. The molecule has 0 fully saturated rings. The van der Waals surface area contributed by atoms with E-state index in [0.29, 0.717) is 6.61 Å². The van der Waals surface area contributed by atoms with E-state index in [9.17, 15) is 0 Å². The Labute approximate surface area is 99.0 Å². The molecule has 3 heteroatoms. The van der Waals surface area contributed by atoms with Crippen LogP contribution in [0.4, 0.5) is 0 Å². The minimum absolute atomic E-state index is 0.591. The van der Waals surface area contributed by atoms with Gasteiger partial charge in [-0.1, -0.05) is 30.3 Å². The second-order valence-corrected chi connectivity index (χ2v) is 9.17. The fraction of sp³-hybridized carbons (Fsp3) is 0.385. The highest BCUT2D eigenvalue weighted by atomic mass is 28.4. The average molecular weight is 236 g/mol. The standard InChI is InChI=1S/C13H20O2Si/c1-12(15-16(2,3)4)10-14-11-13-8-6-5-7-9-13/h5-10H,11H2,1-4H3/b12-10+. The lowest BCUT2D eigenvalue weighted by molar-refractivity contribution is 0.219. The summed E-state index contributed by atoms with van der Waals surface area (Å²) in [6.45, 7) is 8.99. The Morgan fingerprint density at radius 3 is 2.38 bits per heavy atom. The van der Waals surface area contributed by atoms with Crippen molar-refractivity contribution in [3.05, 3.63) is 47.9 Å². The molecule has 0 aliphatic carbocycles. The van der Waals surface area contributed by atoms with Crippen molar-refractivity contribution in [3.8, 4) is 0 Å². The summed E-state index contributed by atoms with van der Waals surface area (Å²) < 4.78 is 11.2. The van der Waals surface area contributed by atoms with Crippen LogP contribution < -0.4 is 0 Å². The Morgan fingerprint density at radius 2 is 1.81 bits per heavy atom. The van der Waals surface area contributed by atoms with E-state index in [0.717, 1.165) is 5.76 Å². The minimum Gasteiger partial charge on any atom is -0.545 e. The van der Waals surface area contributed by atoms with E-state index in [2.05, 4.69) is 19.6 Å². The lowest BCUT2D eigenvalue weighted by Gasteiger charge is -2.19. The molecule has 1 aromatic rings. The molecule has 0 heterocycles.